The van der Waals surface area contributed by atoms with E-state index < -0.39 is 30.0 Å². The number of H-pyrrole nitrogens is 1. The van der Waals surface area contributed by atoms with E-state index in [9.17, 15) is 18.3 Å². The van der Waals surface area contributed by atoms with E-state index in [2.05, 4.69) is 20.1 Å². The van der Waals surface area contributed by atoms with Crippen molar-refractivity contribution in [3.8, 4) is 0 Å². The summed E-state index contributed by atoms with van der Waals surface area (Å²) in [5.74, 6) is 0. The second kappa shape index (κ2) is 9.04. The normalized spacial score (nSPS) is 17.9. The van der Waals surface area contributed by atoms with Crippen molar-refractivity contribution >= 4 is 10.9 Å². The summed E-state index contributed by atoms with van der Waals surface area (Å²) in [4.78, 5) is 5.19. The highest BCUT2D eigenvalue weighted by Gasteiger charge is 2.56. The van der Waals surface area contributed by atoms with Gasteiger partial charge in [0.25, 0.3) is 0 Å². The van der Waals surface area contributed by atoms with Crippen molar-refractivity contribution in [2.24, 2.45) is 0 Å². The maximum absolute atomic E-state index is 14.2. The second-order valence-electron chi connectivity index (χ2n) is 9.51. The molecule has 33 heavy (non-hydrogen) atoms. The molecule has 1 aromatic carbocycles. The minimum absolute atomic E-state index is 0.288. The van der Waals surface area contributed by atoms with Crippen molar-refractivity contribution in [3.05, 3.63) is 59.5 Å². The van der Waals surface area contributed by atoms with Crippen LogP contribution in [0, 0.1) is 0 Å². The molecule has 0 saturated carbocycles. The minimum Gasteiger partial charge on any atom is -0.380 e. The first-order chi connectivity index (χ1) is 15.6. The van der Waals surface area contributed by atoms with E-state index >= 15 is 0 Å². The van der Waals surface area contributed by atoms with Crippen molar-refractivity contribution < 1.29 is 23.0 Å². The molecule has 1 aliphatic rings. The fourth-order valence-corrected chi connectivity index (χ4v) is 4.56. The third-order valence-corrected chi connectivity index (χ3v) is 6.35. The van der Waals surface area contributed by atoms with E-state index in [0.29, 0.717) is 30.7 Å². The first-order valence-corrected chi connectivity index (χ1v) is 11.0. The zero-order valence-corrected chi connectivity index (χ0v) is 18.8. The lowest BCUT2D eigenvalue weighted by Gasteiger charge is -2.38. The Balaban J connectivity index is 1.56. The number of rotatable bonds is 7. The number of morpholine rings is 1. The Morgan fingerprint density at radius 1 is 1.09 bits per heavy atom. The van der Waals surface area contributed by atoms with E-state index in [1.165, 1.54) is 12.4 Å². The van der Waals surface area contributed by atoms with Gasteiger partial charge in [0, 0.05) is 37.1 Å². The van der Waals surface area contributed by atoms with E-state index in [1.807, 2.05) is 24.3 Å². The fraction of sp³-hybridized carbons (Fsp3) is 0.500. The van der Waals surface area contributed by atoms with Crippen LogP contribution in [0.3, 0.4) is 0 Å². The average Bonchev–Trinajstić information content (AvgIpc) is 3.15. The zero-order chi connectivity index (χ0) is 23.7. The van der Waals surface area contributed by atoms with Crippen LogP contribution in [0.1, 0.15) is 37.1 Å². The van der Waals surface area contributed by atoms with Gasteiger partial charge in [0.1, 0.15) is 0 Å². The molecule has 1 saturated heterocycles. The van der Waals surface area contributed by atoms with Crippen LogP contribution in [0.25, 0.3) is 10.9 Å². The van der Waals surface area contributed by atoms with Crippen LogP contribution in [0.2, 0.25) is 0 Å². The van der Waals surface area contributed by atoms with E-state index in [-0.39, 0.29) is 5.69 Å². The Morgan fingerprint density at radius 3 is 2.52 bits per heavy atom. The molecule has 1 aliphatic heterocycles. The van der Waals surface area contributed by atoms with Gasteiger partial charge >= 0.3 is 6.18 Å². The number of halogens is 3. The standard InChI is InChI=1S/C24H29F3N4O2/c1-22(2,19-5-3-4-17(10-19)15-31-6-8-33-9-7-31)16-23(32,24(25,26)27)12-20-11-18-13-28-29-14-21(18)30-20/h3-5,10-11,13-14,30,32H,6-9,12,15-16H2,1-2H3. The number of alkyl halides is 3. The Bertz CT molecular complexity index is 1060. The van der Waals surface area contributed by atoms with Crippen molar-refractivity contribution in [2.75, 3.05) is 26.3 Å². The van der Waals surface area contributed by atoms with Crippen molar-refractivity contribution in [3.63, 3.8) is 0 Å². The number of aromatic nitrogens is 3. The largest absolute Gasteiger partial charge is 0.417 e. The summed E-state index contributed by atoms with van der Waals surface area (Å²) in [6.45, 7) is 7.24. The minimum atomic E-state index is -4.80. The molecular formula is C24H29F3N4O2. The van der Waals surface area contributed by atoms with Gasteiger partial charge < -0.3 is 14.8 Å². The van der Waals surface area contributed by atoms with E-state index in [0.717, 1.165) is 24.2 Å². The van der Waals surface area contributed by atoms with Gasteiger partial charge in [-0.15, -0.1) is 0 Å². The Hall–Kier alpha value is -2.49. The van der Waals surface area contributed by atoms with E-state index in [1.54, 1.807) is 19.9 Å². The average molecular weight is 463 g/mol. The number of hydrogen-bond donors (Lipinski definition) is 2. The molecular weight excluding hydrogens is 433 g/mol. The van der Waals surface area contributed by atoms with Crippen LogP contribution in [-0.4, -0.2) is 63.3 Å². The lowest BCUT2D eigenvalue weighted by Crippen LogP contribution is -2.50. The van der Waals surface area contributed by atoms with Gasteiger partial charge in [-0.1, -0.05) is 38.1 Å². The van der Waals surface area contributed by atoms with Gasteiger partial charge in [-0.25, -0.2) is 0 Å². The summed E-state index contributed by atoms with van der Waals surface area (Å²) in [6, 6.07) is 9.22. The molecule has 0 radical (unpaired) electrons. The Kier molecular flexibility index (Phi) is 6.48. The van der Waals surface area contributed by atoms with E-state index in [4.69, 9.17) is 4.74 Å². The lowest BCUT2D eigenvalue weighted by molar-refractivity contribution is -0.266. The van der Waals surface area contributed by atoms with Crippen molar-refractivity contribution in [1.82, 2.24) is 20.1 Å². The van der Waals surface area contributed by atoms with Crippen LogP contribution in [0.5, 0.6) is 0 Å². The van der Waals surface area contributed by atoms with Gasteiger partial charge in [-0.05, 0) is 29.0 Å². The Labute approximate surface area is 190 Å². The number of nitrogens with one attached hydrogen (secondary N) is 1. The maximum atomic E-state index is 14.2. The molecule has 1 unspecified atom stereocenters. The summed E-state index contributed by atoms with van der Waals surface area (Å²) >= 11 is 0. The molecule has 178 valence electrons. The predicted octanol–water partition coefficient (Wildman–Crippen LogP) is 3.99. The van der Waals surface area contributed by atoms with Crippen molar-refractivity contribution in [2.45, 2.75) is 50.4 Å². The third-order valence-electron chi connectivity index (χ3n) is 6.35. The molecule has 3 aromatic rings. The Morgan fingerprint density at radius 2 is 1.82 bits per heavy atom. The molecule has 6 nitrogen and oxygen atoms in total. The number of fused-ring (bicyclic) bond motifs is 1. The summed E-state index contributed by atoms with van der Waals surface area (Å²) in [6.07, 6.45) is -2.93. The van der Waals surface area contributed by atoms with Crippen LogP contribution in [-0.2, 0) is 23.1 Å². The smallest absolute Gasteiger partial charge is 0.380 e. The van der Waals surface area contributed by atoms with Gasteiger partial charge in [0.15, 0.2) is 5.60 Å². The summed E-state index contributed by atoms with van der Waals surface area (Å²) in [5.41, 5.74) is -1.15. The SMILES string of the molecule is CC(C)(CC(O)(Cc1cc2cnncc2[nH]1)C(F)(F)F)c1cccc(CN2CCOCC2)c1. The van der Waals surface area contributed by atoms with Gasteiger partial charge in [-0.2, -0.15) is 23.4 Å². The van der Waals surface area contributed by atoms with Gasteiger partial charge in [-0.3, -0.25) is 4.90 Å². The number of benzene rings is 1. The number of hydrogen-bond acceptors (Lipinski definition) is 5. The highest BCUT2D eigenvalue weighted by atomic mass is 19.4. The molecule has 2 N–H and O–H groups in total. The predicted molar refractivity (Wildman–Crippen MR) is 119 cm³/mol. The molecule has 0 amide bonds. The van der Waals surface area contributed by atoms with Gasteiger partial charge in [0.2, 0.25) is 0 Å². The molecule has 0 spiro atoms. The topological polar surface area (TPSA) is 74.3 Å². The molecule has 4 rings (SSSR count). The van der Waals surface area contributed by atoms with Crippen molar-refractivity contribution in [1.29, 1.82) is 0 Å². The lowest BCUT2D eigenvalue weighted by atomic mass is 9.73. The quantitative estimate of drug-likeness (QED) is 0.555. The summed E-state index contributed by atoms with van der Waals surface area (Å²) in [5, 5.41) is 19.1. The monoisotopic (exact) mass is 462 g/mol. The first-order valence-electron chi connectivity index (χ1n) is 11.0. The van der Waals surface area contributed by atoms with Gasteiger partial charge in [0.05, 0.1) is 31.1 Å². The highest BCUT2D eigenvalue weighted by molar-refractivity contribution is 5.78. The van der Waals surface area contributed by atoms with Crippen LogP contribution in [0.15, 0.2) is 42.7 Å². The number of aliphatic hydroxyl groups is 1. The number of aromatic amines is 1. The molecule has 9 heteroatoms. The molecule has 2 aromatic heterocycles. The molecule has 1 fully saturated rings. The molecule has 1 atom stereocenters. The third kappa shape index (κ3) is 5.37. The zero-order valence-electron chi connectivity index (χ0n) is 18.8. The summed E-state index contributed by atoms with van der Waals surface area (Å²) < 4.78 is 47.9. The van der Waals surface area contributed by atoms with Crippen LogP contribution in [0.4, 0.5) is 13.2 Å². The maximum Gasteiger partial charge on any atom is 0.417 e. The molecule has 0 bridgehead atoms. The van der Waals surface area contributed by atoms with Crippen LogP contribution < -0.4 is 0 Å². The summed E-state index contributed by atoms with van der Waals surface area (Å²) in [7, 11) is 0. The number of ether oxygens (including phenoxy) is 1. The first kappa shape index (κ1) is 23.7. The number of nitrogens with zero attached hydrogens (tertiary/aromatic N) is 3. The molecule has 3 heterocycles. The fourth-order valence-electron chi connectivity index (χ4n) is 4.56. The molecule has 0 aliphatic carbocycles. The van der Waals surface area contributed by atoms with Crippen LogP contribution >= 0.6 is 0 Å². The second-order valence-corrected chi connectivity index (χ2v) is 9.51. The highest BCUT2D eigenvalue weighted by Crippen LogP contribution is 2.43.